The van der Waals surface area contributed by atoms with Gasteiger partial charge in [-0.1, -0.05) is 0 Å². The Balaban J connectivity index is 2.19. The summed E-state index contributed by atoms with van der Waals surface area (Å²) in [6.45, 7) is 1.80. The van der Waals surface area contributed by atoms with E-state index in [1.165, 1.54) is 19.3 Å². The van der Waals surface area contributed by atoms with Crippen LogP contribution in [0.4, 0.5) is 4.39 Å². The summed E-state index contributed by atoms with van der Waals surface area (Å²) in [6, 6.07) is 4.01. The summed E-state index contributed by atoms with van der Waals surface area (Å²) in [5.41, 5.74) is 1.77. The summed E-state index contributed by atoms with van der Waals surface area (Å²) in [4.78, 5) is 0. The summed E-state index contributed by atoms with van der Waals surface area (Å²) in [5.74, 6) is -0.143. The highest BCUT2D eigenvalue weighted by molar-refractivity contribution is 5.79. The van der Waals surface area contributed by atoms with Crippen LogP contribution in [0.2, 0.25) is 0 Å². The highest BCUT2D eigenvalue weighted by Crippen LogP contribution is 2.33. The van der Waals surface area contributed by atoms with Gasteiger partial charge in [0.1, 0.15) is 5.82 Å². The molecule has 1 heterocycles. The van der Waals surface area contributed by atoms with Crippen molar-refractivity contribution in [2.45, 2.75) is 32.2 Å². The van der Waals surface area contributed by atoms with E-state index in [4.69, 9.17) is 0 Å². The summed E-state index contributed by atoms with van der Waals surface area (Å²) >= 11 is 0. The first kappa shape index (κ1) is 8.89. The second-order valence-corrected chi connectivity index (χ2v) is 4.33. The fourth-order valence-electron chi connectivity index (χ4n) is 2.09. The first-order chi connectivity index (χ1) is 7.25. The van der Waals surface area contributed by atoms with Gasteiger partial charge in [0, 0.05) is 5.39 Å². The van der Waals surface area contributed by atoms with Crippen LogP contribution in [0.15, 0.2) is 18.3 Å². The lowest BCUT2D eigenvalue weighted by molar-refractivity contribution is 0.297. The van der Waals surface area contributed by atoms with Crippen LogP contribution >= 0.6 is 0 Å². The molecule has 2 nitrogen and oxygen atoms in total. The van der Waals surface area contributed by atoms with Crippen LogP contribution in [0.5, 0.6) is 0 Å². The Morgan fingerprint density at radius 2 is 2.20 bits per heavy atom. The lowest BCUT2D eigenvalue weighted by Crippen LogP contribution is -2.17. The van der Waals surface area contributed by atoms with Crippen molar-refractivity contribution in [2.24, 2.45) is 0 Å². The molecule has 3 rings (SSSR count). The molecule has 2 aromatic rings. The van der Waals surface area contributed by atoms with Crippen molar-refractivity contribution in [1.82, 2.24) is 9.78 Å². The molecule has 0 spiro atoms. The third kappa shape index (κ3) is 1.26. The predicted molar refractivity (Wildman–Crippen MR) is 57.3 cm³/mol. The van der Waals surface area contributed by atoms with Crippen LogP contribution in [-0.2, 0) is 0 Å². The number of aryl methyl sites for hydroxylation is 1. The van der Waals surface area contributed by atoms with Crippen LogP contribution < -0.4 is 0 Å². The van der Waals surface area contributed by atoms with E-state index in [0.29, 0.717) is 11.6 Å². The van der Waals surface area contributed by atoms with Gasteiger partial charge in [0.25, 0.3) is 0 Å². The van der Waals surface area contributed by atoms with Crippen molar-refractivity contribution in [3.63, 3.8) is 0 Å². The summed E-state index contributed by atoms with van der Waals surface area (Å²) in [6.07, 6.45) is 5.45. The van der Waals surface area contributed by atoms with Crippen molar-refractivity contribution in [3.05, 3.63) is 29.7 Å². The fourth-order valence-corrected chi connectivity index (χ4v) is 2.09. The van der Waals surface area contributed by atoms with E-state index < -0.39 is 0 Å². The molecular formula is C12H13FN2. The van der Waals surface area contributed by atoms with E-state index in [-0.39, 0.29) is 5.82 Å². The number of benzene rings is 1. The third-order valence-electron chi connectivity index (χ3n) is 3.30. The largest absolute Gasteiger partial charge is 0.262 e. The Bertz CT molecular complexity index is 512. The topological polar surface area (TPSA) is 17.8 Å². The fraction of sp³-hybridized carbons (Fsp3) is 0.417. The number of nitrogens with zero attached hydrogens (tertiary/aromatic N) is 2. The molecule has 0 saturated heterocycles. The number of halogens is 1. The SMILES string of the molecule is Cc1cc2c(cnn2C2CCC2)cc1F. The smallest absolute Gasteiger partial charge is 0.126 e. The lowest BCUT2D eigenvalue weighted by Gasteiger charge is -2.26. The van der Waals surface area contributed by atoms with Crippen LogP contribution in [-0.4, -0.2) is 9.78 Å². The maximum Gasteiger partial charge on any atom is 0.126 e. The average Bonchev–Trinajstić information content (AvgIpc) is 2.48. The second-order valence-electron chi connectivity index (χ2n) is 4.33. The molecule has 0 atom stereocenters. The third-order valence-corrected chi connectivity index (χ3v) is 3.30. The van der Waals surface area contributed by atoms with Crippen molar-refractivity contribution in [2.75, 3.05) is 0 Å². The zero-order valence-corrected chi connectivity index (χ0v) is 8.70. The zero-order chi connectivity index (χ0) is 10.4. The second kappa shape index (κ2) is 3.05. The van der Waals surface area contributed by atoms with Crippen molar-refractivity contribution < 1.29 is 4.39 Å². The van der Waals surface area contributed by atoms with E-state index in [1.807, 2.05) is 10.7 Å². The van der Waals surface area contributed by atoms with E-state index in [2.05, 4.69) is 5.10 Å². The minimum Gasteiger partial charge on any atom is -0.262 e. The number of aromatic nitrogens is 2. The van der Waals surface area contributed by atoms with Crippen LogP contribution in [0.3, 0.4) is 0 Å². The first-order valence-electron chi connectivity index (χ1n) is 5.39. The highest BCUT2D eigenvalue weighted by atomic mass is 19.1. The number of hydrogen-bond acceptors (Lipinski definition) is 1. The molecule has 0 amide bonds. The Kier molecular flexibility index (Phi) is 1.81. The Morgan fingerprint density at radius 1 is 1.40 bits per heavy atom. The lowest BCUT2D eigenvalue weighted by atomic mass is 9.93. The van der Waals surface area contributed by atoms with Crippen LogP contribution in [0.1, 0.15) is 30.9 Å². The molecule has 0 unspecified atom stereocenters. The van der Waals surface area contributed by atoms with E-state index in [0.717, 1.165) is 10.9 Å². The number of rotatable bonds is 1. The number of hydrogen-bond donors (Lipinski definition) is 0. The van der Waals surface area contributed by atoms with Crippen molar-refractivity contribution in [1.29, 1.82) is 0 Å². The molecule has 1 aromatic carbocycles. The van der Waals surface area contributed by atoms with Gasteiger partial charge >= 0.3 is 0 Å². The monoisotopic (exact) mass is 204 g/mol. The van der Waals surface area contributed by atoms with Crippen LogP contribution in [0, 0.1) is 12.7 Å². The van der Waals surface area contributed by atoms with Gasteiger partial charge in [0.05, 0.1) is 17.8 Å². The molecule has 78 valence electrons. The zero-order valence-electron chi connectivity index (χ0n) is 8.70. The average molecular weight is 204 g/mol. The molecule has 3 heteroatoms. The van der Waals surface area contributed by atoms with Gasteiger partial charge in [-0.15, -0.1) is 0 Å². The number of fused-ring (bicyclic) bond motifs is 1. The summed E-state index contributed by atoms with van der Waals surface area (Å²) in [5, 5.41) is 5.26. The van der Waals surface area contributed by atoms with Crippen molar-refractivity contribution >= 4 is 10.9 Å². The van der Waals surface area contributed by atoms with Gasteiger partial charge in [-0.2, -0.15) is 5.10 Å². The summed E-state index contributed by atoms with van der Waals surface area (Å²) in [7, 11) is 0. The molecule has 0 bridgehead atoms. The van der Waals surface area contributed by atoms with E-state index in [9.17, 15) is 4.39 Å². The highest BCUT2D eigenvalue weighted by Gasteiger charge is 2.21. The van der Waals surface area contributed by atoms with Gasteiger partial charge in [-0.25, -0.2) is 4.39 Å². The molecule has 1 aliphatic rings. The molecule has 1 saturated carbocycles. The van der Waals surface area contributed by atoms with Gasteiger partial charge in [-0.3, -0.25) is 4.68 Å². The quantitative estimate of drug-likeness (QED) is 0.697. The normalized spacial score (nSPS) is 16.9. The Morgan fingerprint density at radius 3 is 2.87 bits per heavy atom. The van der Waals surface area contributed by atoms with Gasteiger partial charge in [0.15, 0.2) is 0 Å². The predicted octanol–water partition coefficient (Wildman–Crippen LogP) is 3.21. The van der Waals surface area contributed by atoms with Crippen LogP contribution in [0.25, 0.3) is 10.9 Å². The minimum absolute atomic E-state index is 0.143. The molecule has 1 aromatic heterocycles. The maximum absolute atomic E-state index is 13.3. The van der Waals surface area contributed by atoms with Crippen molar-refractivity contribution in [3.8, 4) is 0 Å². The minimum atomic E-state index is -0.143. The molecule has 1 aliphatic carbocycles. The maximum atomic E-state index is 13.3. The van der Waals surface area contributed by atoms with E-state index >= 15 is 0 Å². The molecule has 15 heavy (non-hydrogen) atoms. The molecule has 0 aliphatic heterocycles. The Labute approximate surface area is 87.7 Å². The van der Waals surface area contributed by atoms with Gasteiger partial charge < -0.3 is 0 Å². The molecule has 0 radical (unpaired) electrons. The summed E-state index contributed by atoms with van der Waals surface area (Å²) < 4.78 is 15.4. The van der Waals surface area contributed by atoms with Gasteiger partial charge in [-0.05, 0) is 43.9 Å². The molecule has 0 N–H and O–H groups in total. The molecule has 1 fully saturated rings. The van der Waals surface area contributed by atoms with E-state index in [1.54, 1.807) is 19.2 Å². The van der Waals surface area contributed by atoms with Gasteiger partial charge in [0.2, 0.25) is 0 Å². The first-order valence-corrected chi connectivity index (χ1v) is 5.39. The standard InChI is InChI=1S/C12H13FN2/c1-8-5-12-9(6-11(8)13)7-14-15(12)10-3-2-4-10/h5-7,10H,2-4H2,1H3. The molecular weight excluding hydrogens is 191 g/mol. The Hall–Kier alpha value is -1.38.